The highest BCUT2D eigenvalue weighted by Crippen LogP contribution is 2.45. The molecule has 0 spiro atoms. The number of carbonyl (C=O) groups is 4. The van der Waals surface area contributed by atoms with Crippen LogP contribution in [-0.4, -0.2) is 96.7 Å². The average Bonchev–Trinajstić information content (AvgIpc) is 3.56. The van der Waals surface area contributed by atoms with Crippen molar-refractivity contribution in [3.05, 3.63) is 0 Å². The summed E-state index contributed by atoms with van der Waals surface area (Å²) in [6, 6.07) is 0. The highest BCUT2D eigenvalue weighted by molar-refractivity contribution is 7.47. The molecule has 0 bridgehead atoms. The molecule has 0 radical (unpaired) electrons. The largest absolute Gasteiger partial charge is 0.472 e. The summed E-state index contributed by atoms with van der Waals surface area (Å²) in [5.41, 5.74) is 0. The number of rotatable bonds is 67. The van der Waals surface area contributed by atoms with Gasteiger partial charge in [-0.3, -0.25) is 37.3 Å². The molecule has 19 heteroatoms. The Hall–Kier alpha value is -1.94. The summed E-state index contributed by atoms with van der Waals surface area (Å²) in [4.78, 5) is 72.3. The third kappa shape index (κ3) is 60.7. The van der Waals surface area contributed by atoms with Crippen LogP contribution in [0.4, 0.5) is 0 Å². The van der Waals surface area contributed by atoms with Crippen LogP contribution in [0.1, 0.15) is 342 Å². The van der Waals surface area contributed by atoms with E-state index in [1.807, 2.05) is 0 Å². The lowest BCUT2D eigenvalue weighted by Gasteiger charge is -2.21. The van der Waals surface area contributed by atoms with Crippen LogP contribution in [0.5, 0.6) is 0 Å². The lowest BCUT2D eigenvalue weighted by Crippen LogP contribution is -2.30. The maximum atomic E-state index is 13.0. The number of phosphoric ester groups is 2. The van der Waals surface area contributed by atoms with Crippen LogP contribution in [-0.2, 0) is 65.4 Å². The van der Waals surface area contributed by atoms with Crippen LogP contribution in [0.25, 0.3) is 0 Å². The van der Waals surface area contributed by atoms with Gasteiger partial charge in [0.25, 0.3) is 0 Å². The predicted molar refractivity (Wildman–Crippen MR) is 340 cm³/mol. The van der Waals surface area contributed by atoms with Gasteiger partial charge in [-0.1, -0.05) is 291 Å². The first-order valence-electron chi connectivity index (χ1n) is 34.8. The fraction of sp³-hybridized carbons (Fsp3) is 0.939. The van der Waals surface area contributed by atoms with Gasteiger partial charge in [0.05, 0.1) is 26.4 Å². The molecular formula is C66H128O17P2. The van der Waals surface area contributed by atoms with Gasteiger partial charge in [-0.15, -0.1) is 0 Å². The molecular weight excluding hydrogens is 1130 g/mol. The average molecular weight is 1260 g/mol. The summed E-state index contributed by atoms with van der Waals surface area (Å²) < 4.78 is 68.1. The van der Waals surface area contributed by atoms with Crippen molar-refractivity contribution in [3.8, 4) is 0 Å². The first-order valence-corrected chi connectivity index (χ1v) is 37.8. The smallest absolute Gasteiger partial charge is 0.462 e. The molecule has 0 aliphatic carbocycles. The van der Waals surface area contributed by atoms with Gasteiger partial charge in [0.1, 0.15) is 19.3 Å². The minimum atomic E-state index is -4.94. The van der Waals surface area contributed by atoms with Crippen LogP contribution < -0.4 is 0 Å². The summed E-state index contributed by atoms with van der Waals surface area (Å²) in [6.45, 7) is 4.89. The van der Waals surface area contributed by atoms with Crippen molar-refractivity contribution in [3.63, 3.8) is 0 Å². The number of esters is 4. The van der Waals surface area contributed by atoms with Crippen molar-refractivity contribution >= 4 is 39.5 Å². The Bertz CT molecular complexity index is 1640. The minimum absolute atomic E-state index is 0.107. The van der Waals surface area contributed by atoms with Gasteiger partial charge in [0.2, 0.25) is 0 Å². The molecule has 0 fully saturated rings. The van der Waals surface area contributed by atoms with E-state index < -0.39 is 97.5 Å². The van der Waals surface area contributed by atoms with Crippen molar-refractivity contribution in [1.82, 2.24) is 0 Å². The molecule has 2 unspecified atom stereocenters. The van der Waals surface area contributed by atoms with Gasteiger partial charge in [-0.25, -0.2) is 9.13 Å². The fourth-order valence-corrected chi connectivity index (χ4v) is 11.6. The quantitative estimate of drug-likeness (QED) is 0.0222. The highest BCUT2D eigenvalue weighted by atomic mass is 31.2. The number of hydrogen-bond acceptors (Lipinski definition) is 15. The zero-order valence-electron chi connectivity index (χ0n) is 54.6. The van der Waals surface area contributed by atoms with Gasteiger partial charge in [0, 0.05) is 25.7 Å². The maximum absolute atomic E-state index is 13.0. The van der Waals surface area contributed by atoms with Gasteiger partial charge >= 0.3 is 39.5 Å². The Morgan fingerprint density at radius 1 is 0.282 bits per heavy atom. The minimum Gasteiger partial charge on any atom is -0.462 e. The molecule has 0 rings (SSSR count). The SMILES string of the molecule is CCCCCCCCCCCCCCCCC(=O)O[C@H](COC(=O)CCCCCCCCCCCCCC)COP(=O)(O)OC[C@@H](O)COP(=O)(O)OC[C@@H](COC(=O)CCCCCCCCCC)OC(=O)CCCCCCCCCCCCC. The summed E-state index contributed by atoms with van der Waals surface area (Å²) in [5, 5.41) is 10.5. The van der Waals surface area contributed by atoms with Crippen molar-refractivity contribution < 1.29 is 80.2 Å². The molecule has 3 N–H and O–H groups in total. The number of unbranched alkanes of at least 4 members (excludes halogenated alkanes) is 41. The molecule has 504 valence electrons. The third-order valence-corrected chi connectivity index (χ3v) is 17.3. The molecule has 85 heavy (non-hydrogen) atoms. The van der Waals surface area contributed by atoms with Gasteiger partial charge in [-0.05, 0) is 25.7 Å². The molecule has 0 aromatic carbocycles. The molecule has 5 atom stereocenters. The third-order valence-electron chi connectivity index (χ3n) is 15.4. The van der Waals surface area contributed by atoms with E-state index in [2.05, 4.69) is 27.7 Å². The number of ether oxygens (including phenoxy) is 4. The van der Waals surface area contributed by atoms with E-state index in [9.17, 15) is 43.2 Å². The van der Waals surface area contributed by atoms with Crippen molar-refractivity contribution in [1.29, 1.82) is 0 Å². The van der Waals surface area contributed by atoms with Gasteiger partial charge in [-0.2, -0.15) is 0 Å². The molecule has 0 heterocycles. The molecule has 17 nitrogen and oxygen atoms in total. The summed E-state index contributed by atoms with van der Waals surface area (Å²) >= 11 is 0. The fourth-order valence-electron chi connectivity index (χ4n) is 9.99. The number of aliphatic hydroxyl groups is 1. The van der Waals surface area contributed by atoms with Crippen LogP contribution in [0.2, 0.25) is 0 Å². The first-order chi connectivity index (χ1) is 41.2. The topological polar surface area (TPSA) is 237 Å². The Morgan fingerprint density at radius 3 is 0.694 bits per heavy atom. The van der Waals surface area contributed by atoms with Gasteiger partial charge < -0.3 is 33.8 Å². The maximum Gasteiger partial charge on any atom is 0.472 e. The van der Waals surface area contributed by atoms with Crippen LogP contribution in [0.15, 0.2) is 0 Å². The molecule has 0 aromatic heterocycles. The van der Waals surface area contributed by atoms with Crippen molar-refractivity contribution in [2.75, 3.05) is 39.6 Å². The second kappa shape index (κ2) is 60.9. The predicted octanol–water partition coefficient (Wildman–Crippen LogP) is 18.7. The molecule has 0 amide bonds. The van der Waals surface area contributed by atoms with E-state index in [4.69, 9.17) is 37.0 Å². The molecule has 0 saturated heterocycles. The Morgan fingerprint density at radius 2 is 0.471 bits per heavy atom. The second-order valence-corrected chi connectivity index (χ2v) is 26.8. The summed E-state index contributed by atoms with van der Waals surface area (Å²) in [7, 11) is -9.88. The van der Waals surface area contributed by atoms with Crippen LogP contribution in [0.3, 0.4) is 0 Å². The normalized spacial score (nSPS) is 14.1. The number of hydrogen-bond donors (Lipinski definition) is 3. The number of phosphoric acid groups is 2. The van der Waals surface area contributed by atoms with E-state index in [0.717, 1.165) is 96.3 Å². The Balaban J connectivity index is 5.22. The monoisotopic (exact) mass is 1250 g/mol. The molecule has 0 saturated carbocycles. The Kier molecular flexibility index (Phi) is 59.6. The van der Waals surface area contributed by atoms with Crippen LogP contribution >= 0.6 is 15.6 Å². The standard InChI is InChI=1S/C66H128O17P2/c1-5-9-13-17-21-25-28-30-31-34-37-41-45-49-53-66(71)83-62(57-77-64(69)51-47-43-39-35-33-29-26-22-18-14-10-6-2)59-81-85(74,75)79-55-60(67)54-78-84(72,73)80-58-61(56-76-63(68)50-46-42-38-24-20-16-12-8-4)82-65(70)52-48-44-40-36-32-27-23-19-15-11-7-3/h60-62,67H,5-59H2,1-4H3,(H,72,73)(H,74,75)/t60-,61+,62+/m0/s1. The summed E-state index contributed by atoms with van der Waals surface area (Å²) in [5.74, 6) is -2.13. The van der Waals surface area contributed by atoms with E-state index in [0.29, 0.717) is 25.7 Å². The molecule has 0 aromatic rings. The molecule has 0 aliphatic rings. The first kappa shape index (κ1) is 83.1. The van der Waals surface area contributed by atoms with E-state index in [1.54, 1.807) is 0 Å². The van der Waals surface area contributed by atoms with Crippen molar-refractivity contribution in [2.24, 2.45) is 0 Å². The molecule has 0 aliphatic heterocycles. The van der Waals surface area contributed by atoms with E-state index in [1.165, 1.54) is 167 Å². The van der Waals surface area contributed by atoms with Gasteiger partial charge in [0.15, 0.2) is 12.2 Å². The number of aliphatic hydroxyl groups excluding tert-OH is 1. The zero-order valence-corrected chi connectivity index (χ0v) is 56.4. The lowest BCUT2D eigenvalue weighted by atomic mass is 10.0. The second-order valence-electron chi connectivity index (χ2n) is 23.9. The Labute approximate surface area is 517 Å². The van der Waals surface area contributed by atoms with Crippen molar-refractivity contribution in [2.45, 2.75) is 361 Å². The highest BCUT2D eigenvalue weighted by Gasteiger charge is 2.30. The van der Waals surface area contributed by atoms with E-state index >= 15 is 0 Å². The van der Waals surface area contributed by atoms with E-state index in [-0.39, 0.29) is 25.7 Å². The summed E-state index contributed by atoms with van der Waals surface area (Å²) in [6.07, 6.45) is 47.0. The lowest BCUT2D eigenvalue weighted by molar-refractivity contribution is -0.161. The van der Waals surface area contributed by atoms with Crippen LogP contribution in [0, 0.1) is 0 Å². The number of carbonyl (C=O) groups excluding carboxylic acids is 4. The zero-order chi connectivity index (χ0) is 62.6.